The van der Waals surface area contributed by atoms with E-state index in [4.69, 9.17) is 17.3 Å². The number of hydrogen-bond donors (Lipinski definition) is 2. The van der Waals surface area contributed by atoms with E-state index in [1.54, 1.807) is 30.3 Å². The molecule has 2 aromatic carbocycles. The maximum absolute atomic E-state index is 14.2. The predicted octanol–water partition coefficient (Wildman–Crippen LogP) is 2.48. The van der Waals surface area contributed by atoms with Gasteiger partial charge in [0.15, 0.2) is 11.5 Å². The van der Waals surface area contributed by atoms with Crippen LogP contribution in [0.4, 0.5) is 4.39 Å². The van der Waals surface area contributed by atoms with Crippen molar-refractivity contribution < 1.29 is 23.6 Å². The summed E-state index contributed by atoms with van der Waals surface area (Å²) in [7, 11) is 0. The van der Waals surface area contributed by atoms with E-state index in [1.165, 1.54) is 22.6 Å². The van der Waals surface area contributed by atoms with Gasteiger partial charge in [0.2, 0.25) is 5.91 Å². The van der Waals surface area contributed by atoms with Crippen LogP contribution >= 0.6 is 11.6 Å². The number of halogens is 2. The zero-order chi connectivity index (χ0) is 26.0. The normalized spacial score (nSPS) is 14.0. The number of nitrogens with one attached hydrogen (secondary N) is 1. The average Bonchev–Trinajstić information content (AvgIpc) is 3.61. The number of aromatic nitrogens is 2. The van der Waals surface area contributed by atoms with Gasteiger partial charge in [-0.2, -0.15) is 5.10 Å². The van der Waals surface area contributed by atoms with Crippen LogP contribution < -0.4 is 11.1 Å². The Morgan fingerprint density at radius 3 is 2.69 bits per heavy atom. The van der Waals surface area contributed by atoms with E-state index < -0.39 is 17.8 Å². The van der Waals surface area contributed by atoms with E-state index in [9.17, 15) is 23.6 Å². The summed E-state index contributed by atoms with van der Waals surface area (Å²) in [6.45, 7) is 1.39. The van der Waals surface area contributed by atoms with Crippen molar-refractivity contribution in [2.45, 2.75) is 44.9 Å². The number of nitrogens with two attached hydrogens (primary N) is 1. The molecule has 4 rings (SSSR count). The van der Waals surface area contributed by atoms with E-state index in [2.05, 4.69) is 10.4 Å². The monoisotopic (exact) mass is 513 g/mol. The molecule has 0 radical (unpaired) electrons. The molecule has 1 fully saturated rings. The van der Waals surface area contributed by atoms with Crippen LogP contribution in [0.2, 0.25) is 5.02 Å². The quantitative estimate of drug-likeness (QED) is 0.299. The number of carbonyl (C=O) groups excluding carboxylic acids is 4. The standard InChI is InChI=1S/C25H25ClFN5O4/c1-14(34)15-5-8-19-21(9-15)31(30-24(19)25(28)36)12-22(35)32(17-6-7-17)18(13-33)11-29-10-16-3-2-4-20(26)23(16)27/h2-5,8-9,13,17-18,29H,6-7,10-12H2,1H3,(H2,28,36). The fraction of sp³-hybridized carbons (Fsp3) is 0.320. The summed E-state index contributed by atoms with van der Waals surface area (Å²) in [5, 5.41) is 7.68. The molecule has 1 unspecified atom stereocenters. The van der Waals surface area contributed by atoms with Gasteiger partial charge < -0.3 is 20.7 Å². The predicted molar refractivity (Wildman–Crippen MR) is 131 cm³/mol. The summed E-state index contributed by atoms with van der Waals surface area (Å²) in [6, 6.07) is 8.47. The number of aldehydes is 1. The number of amides is 2. The number of benzene rings is 2. The first-order valence-corrected chi connectivity index (χ1v) is 11.8. The third-order valence-corrected chi connectivity index (χ3v) is 6.41. The molecule has 0 spiro atoms. The van der Waals surface area contributed by atoms with E-state index in [0.717, 1.165) is 12.8 Å². The van der Waals surface area contributed by atoms with Gasteiger partial charge in [0, 0.05) is 35.6 Å². The molecular formula is C25H25ClFN5O4. The third kappa shape index (κ3) is 5.29. The van der Waals surface area contributed by atoms with Crippen LogP contribution in [0.15, 0.2) is 36.4 Å². The van der Waals surface area contributed by atoms with Crippen LogP contribution in [0.1, 0.15) is 46.2 Å². The number of ketones is 1. The summed E-state index contributed by atoms with van der Waals surface area (Å²) < 4.78 is 15.5. The Morgan fingerprint density at radius 1 is 1.31 bits per heavy atom. The highest BCUT2D eigenvalue weighted by Crippen LogP contribution is 2.29. The Balaban J connectivity index is 1.54. The minimum atomic E-state index is -0.794. The van der Waals surface area contributed by atoms with Gasteiger partial charge >= 0.3 is 0 Å². The van der Waals surface area contributed by atoms with E-state index in [1.807, 2.05) is 0 Å². The van der Waals surface area contributed by atoms with Crippen molar-refractivity contribution >= 4 is 46.4 Å². The first-order valence-electron chi connectivity index (χ1n) is 11.4. The molecule has 2 amide bonds. The largest absolute Gasteiger partial charge is 0.364 e. The van der Waals surface area contributed by atoms with Crippen molar-refractivity contribution in [3.05, 3.63) is 64.1 Å². The summed E-state index contributed by atoms with van der Waals surface area (Å²) >= 11 is 5.82. The number of rotatable bonds is 11. The maximum Gasteiger partial charge on any atom is 0.269 e. The van der Waals surface area contributed by atoms with Gasteiger partial charge in [-0.25, -0.2) is 4.39 Å². The van der Waals surface area contributed by atoms with E-state index >= 15 is 0 Å². The Morgan fingerprint density at radius 2 is 2.06 bits per heavy atom. The SMILES string of the molecule is CC(=O)c1ccc2c(C(N)=O)nn(CC(=O)N(C(C=O)CNCc3cccc(Cl)c3F)C3CC3)c2c1. The van der Waals surface area contributed by atoms with Crippen LogP contribution in [-0.4, -0.2) is 57.2 Å². The second kappa shape index (κ2) is 10.5. The highest BCUT2D eigenvalue weighted by atomic mass is 35.5. The van der Waals surface area contributed by atoms with Gasteiger partial charge in [0.25, 0.3) is 5.91 Å². The average molecular weight is 514 g/mol. The number of fused-ring (bicyclic) bond motifs is 1. The highest BCUT2D eigenvalue weighted by molar-refractivity contribution is 6.30. The molecule has 1 atom stereocenters. The second-order valence-electron chi connectivity index (χ2n) is 8.74. The summed E-state index contributed by atoms with van der Waals surface area (Å²) in [5.74, 6) is -1.85. The van der Waals surface area contributed by atoms with Crippen LogP contribution in [0.5, 0.6) is 0 Å². The van der Waals surface area contributed by atoms with Gasteiger partial charge in [0.1, 0.15) is 24.7 Å². The lowest BCUT2D eigenvalue weighted by Gasteiger charge is -2.29. The molecular weight excluding hydrogens is 489 g/mol. The summed E-state index contributed by atoms with van der Waals surface area (Å²) in [6.07, 6.45) is 2.18. The Hall–Kier alpha value is -3.63. The molecule has 9 nitrogen and oxygen atoms in total. The first-order chi connectivity index (χ1) is 17.2. The molecule has 0 bridgehead atoms. The molecule has 3 aromatic rings. The molecule has 1 saturated carbocycles. The van der Waals surface area contributed by atoms with Crippen molar-refractivity contribution in [3.8, 4) is 0 Å². The van der Waals surface area contributed by atoms with Crippen LogP contribution in [0, 0.1) is 5.82 Å². The smallest absolute Gasteiger partial charge is 0.269 e. The Labute approximate surface area is 211 Å². The van der Waals surface area contributed by atoms with Gasteiger partial charge in [-0.05, 0) is 38.0 Å². The lowest BCUT2D eigenvalue weighted by atomic mass is 10.1. The topological polar surface area (TPSA) is 127 Å². The number of nitrogens with zero attached hydrogens (tertiary/aromatic N) is 3. The van der Waals surface area contributed by atoms with Crippen molar-refractivity contribution in [1.29, 1.82) is 0 Å². The van der Waals surface area contributed by atoms with Crippen molar-refractivity contribution in [2.24, 2.45) is 5.73 Å². The first kappa shape index (κ1) is 25.5. The molecule has 1 aromatic heterocycles. The number of carbonyl (C=O) groups is 4. The van der Waals surface area contributed by atoms with Crippen LogP contribution in [0.3, 0.4) is 0 Å². The molecule has 36 heavy (non-hydrogen) atoms. The lowest BCUT2D eigenvalue weighted by Crippen LogP contribution is -2.49. The molecule has 0 aliphatic heterocycles. The Bertz CT molecular complexity index is 1350. The fourth-order valence-corrected chi connectivity index (χ4v) is 4.36. The summed E-state index contributed by atoms with van der Waals surface area (Å²) in [4.78, 5) is 50.6. The molecule has 188 valence electrons. The molecule has 0 saturated heterocycles. The van der Waals surface area contributed by atoms with Gasteiger partial charge in [-0.15, -0.1) is 0 Å². The zero-order valence-electron chi connectivity index (χ0n) is 19.5. The molecule has 1 aliphatic carbocycles. The number of primary amides is 1. The number of Topliss-reactive ketones (excluding diaryl/α,β-unsaturated/α-hetero) is 1. The van der Waals surface area contributed by atoms with Gasteiger partial charge in [-0.3, -0.25) is 19.1 Å². The van der Waals surface area contributed by atoms with Gasteiger partial charge in [-0.1, -0.05) is 29.8 Å². The zero-order valence-corrected chi connectivity index (χ0v) is 20.3. The van der Waals surface area contributed by atoms with Crippen LogP contribution in [0.25, 0.3) is 10.9 Å². The fourth-order valence-electron chi connectivity index (χ4n) is 4.17. The highest BCUT2D eigenvalue weighted by Gasteiger charge is 2.37. The Kier molecular flexibility index (Phi) is 7.46. The van der Waals surface area contributed by atoms with Crippen molar-refractivity contribution in [3.63, 3.8) is 0 Å². The van der Waals surface area contributed by atoms with Gasteiger partial charge in [0.05, 0.1) is 10.5 Å². The minimum absolute atomic E-state index is 0.00531. The van der Waals surface area contributed by atoms with E-state index in [0.29, 0.717) is 28.3 Å². The molecule has 1 aliphatic rings. The molecule has 11 heteroatoms. The lowest BCUT2D eigenvalue weighted by molar-refractivity contribution is -0.137. The third-order valence-electron chi connectivity index (χ3n) is 6.12. The maximum atomic E-state index is 14.2. The van der Waals surface area contributed by atoms with E-state index in [-0.39, 0.29) is 48.1 Å². The van der Waals surface area contributed by atoms with Crippen molar-refractivity contribution in [1.82, 2.24) is 20.0 Å². The number of hydrogen-bond acceptors (Lipinski definition) is 6. The van der Waals surface area contributed by atoms with Crippen LogP contribution in [-0.2, 0) is 22.7 Å². The van der Waals surface area contributed by atoms with Crippen molar-refractivity contribution in [2.75, 3.05) is 6.54 Å². The molecule has 1 heterocycles. The summed E-state index contributed by atoms with van der Waals surface area (Å²) in [5.41, 5.74) is 6.61. The molecule has 3 N–H and O–H groups in total. The second-order valence-corrected chi connectivity index (χ2v) is 9.15. The minimum Gasteiger partial charge on any atom is -0.364 e.